The molecule has 0 aliphatic rings. The Labute approximate surface area is 134 Å². The van der Waals surface area contributed by atoms with E-state index in [2.05, 4.69) is 49.4 Å². The zero-order chi connectivity index (χ0) is 13.8. The van der Waals surface area contributed by atoms with Crippen molar-refractivity contribution < 1.29 is 0 Å². The van der Waals surface area contributed by atoms with E-state index < -0.39 is 0 Å². The quantitative estimate of drug-likeness (QED) is 0.577. The second-order valence-corrected chi connectivity index (χ2v) is 6.42. The molecule has 100 valence electrons. The molecule has 0 radical (unpaired) electrons. The number of rotatable bonds is 4. The van der Waals surface area contributed by atoms with Gasteiger partial charge in [-0.3, -0.25) is 11.3 Å². The summed E-state index contributed by atoms with van der Waals surface area (Å²) in [6.45, 7) is 0. The third kappa shape index (κ3) is 4.04. The van der Waals surface area contributed by atoms with Gasteiger partial charge >= 0.3 is 0 Å². The summed E-state index contributed by atoms with van der Waals surface area (Å²) in [5, 5.41) is 0.703. The van der Waals surface area contributed by atoms with Gasteiger partial charge in [-0.25, -0.2) is 0 Å². The van der Waals surface area contributed by atoms with Gasteiger partial charge in [0.15, 0.2) is 0 Å². The van der Waals surface area contributed by atoms with E-state index in [1.807, 2.05) is 30.3 Å². The van der Waals surface area contributed by atoms with Crippen LogP contribution in [0.4, 0.5) is 0 Å². The Kier molecular flexibility index (Phi) is 5.42. The molecule has 0 heterocycles. The summed E-state index contributed by atoms with van der Waals surface area (Å²) >= 11 is 13.0. The van der Waals surface area contributed by atoms with Gasteiger partial charge in [-0.2, -0.15) is 0 Å². The zero-order valence-electron chi connectivity index (χ0n) is 10.0. The molecule has 0 spiro atoms. The first kappa shape index (κ1) is 15.0. The van der Waals surface area contributed by atoms with Crippen molar-refractivity contribution in [1.82, 2.24) is 5.43 Å². The highest BCUT2D eigenvalue weighted by atomic mass is 79.9. The number of hydrogen-bond donors (Lipinski definition) is 2. The minimum Gasteiger partial charge on any atom is -0.271 e. The van der Waals surface area contributed by atoms with Gasteiger partial charge < -0.3 is 0 Å². The normalized spacial score (nSPS) is 12.4. The average molecular weight is 405 g/mol. The van der Waals surface area contributed by atoms with Gasteiger partial charge in [0.2, 0.25) is 0 Å². The van der Waals surface area contributed by atoms with Crippen LogP contribution in [0.3, 0.4) is 0 Å². The van der Waals surface area contributed by atoms with Crippen molar-refractivity contribution in [3.8, 4) is 0 Å². The third-order valence-electron chi connectivity index (χ3n) is 2.89. The minimum absolute atomic E-state index is 0.00857. The molecule has 2 nitrogen and oxygen atoms in total. The molecule has 0 saturated heterocycles. The largest absolute Gasteiger partial charge is 0.271 e. The van der Waals surface area contributed by atoms with Gasteiger partial charge in [-0.15, -0.1) is 0 Å². The average Bonchev–Trinajstić information content (AvgIpc) is 2.41. The van der Waals surface area contributed by atoms with Crippen LogP contribution in [0.5, 0.6) is 0 Å². The van der Waals surface area contributed by atoms with Crippen LogP contribution in [0, 0.1) is 0 Å². The Morgan fingerprint density at radius 3 is 2.42 bits per heavy atom. The molecule has 0 amide bonds. The highest BCUT2D eigenvalue weighted by molar-refractivity contribution is 9.10. The first-order valence-electron chi connectivity index (χ1n) is 5.75. The molecule has 0 saturated carbocycles. The smallest absolute Gasteiger partial charge is 0.0511 e. The SMILES string of the molecule is NNC(Cc1ccc(Br)cc1)c1cc(Cl)ccc1Br. The molecule has 2 aromatic carbocycles. The first-order valence-corrected chi connectivity index (χ1v) is 7.72. The van der Waals surface area contributed by atoms with E-state index in [0.29, 0.717) is 5.02 Å². The lowest BCUT2D eigenvalue weighted by Gasteiger charge is -2.18. The number of halogens is 3. The van der Waals surface area contributed by atoms with Gasteiger partial charge in [-0.1, -0.05) is 55.6 Å². The second-order valence-electron chi connectivity index (χ2n) is 4.22. The molecule has 0 fully saturated rings. The van der Waals surface area contributed by atoms with E-state index in [-0.39, 0.29) is 6.04 Å². The van der Waals surface area contributed by atoms with Crippen LogP contribution in [0.2, 0.25) is 5.02 Å². The lowest BCUT2D eigenvalue weighted by molar-refractivity contribution is 0.550. The molecule has 0 aliphatic heterocycles. The maximum Gasteiger partial charge on any atom is 0.0511 e. The summed E-state index contributed by atoms with van der Waals surface area (Å²) in [6.07, 6.45) is 0.794. The summed E-state index contributed by atoms with van der Waals surface area (Å²) < 4.78 is 2.06. The Morgan fingerprint density at radius 1 is 1.11 bits per heavy atom. The molecular weight excluding hydrogens is 391 g/mol. The summed E-state index contributed by atoms with van der Waals surface area (Å²) in [5.41, 5.74) is 5.11. The molecule has 0 aliphatic carbocycles. The van der Waals surface area contributed by atoms with E-state index >= 15 is 0 Å². The van der Waals surface area contributed by atoms with Crippen LogP contribution in [-0.4, -0.2) is 0 Å². The summed E-state index contributed by atoms with van der Waals surface area (Å²) in [5.74, 6) is 5.68. The van der Waals surface area contributed by atoms with E-state index in [9.17, 15) is 0 Å². The second kappa shape index (κ2) is 6.86. The third-order valence-corrected chi connectivity index (χ3v) is 4.37. The van der Waals surface area contributed by atoms with Crippen molar-refractivity contribution in [1.29, 1.82) is 0 Å². The lowest BCUT2D eigenvalue weighted by atomic mass is 9.99. The van der Waals surface area contributed by atoms with Gasteiger partial charge in [0.1, 0.15) is 0 Å². The summed E-state index contributed by atoms with van der Waals surface area (Å²) in [6, 6.07) is 13.9. The number of hydrogen-bond acceptors (Lipinski definition) is 2. The predicted molar refractivity (Wildman–Crippen MR) is 87.1 cm³/mol. The molecule has 3 N–H and O–H groups in total. The molecule has 1 unspecified atom stereocenters. The van der Waals surface area contributed by atoms with Crippen LogP contribution in [0.15, 0.2) is 51.4 Å². The van der Waals surface area contributed by atoms with Crippen LogP contribution in [0.25, 0.3) is 0 Å². The molecule has 19 heavy (non-hydrogen) atoms. The molecular formula is C14H13Br2ClN2. The monoisotopic (exact) mass is 402 g/mol. The maximum absolute atomic E-state index is 6.05. The highest BCUT2D eigenvalue weighted by Crippen LogP contribution is 2.28. The van der Waals surface area contributed by atoms with E-state index in [0.717, 1.165) is 20.9 Å². The van der Waals surface area contributed by atoms with Gasteiger partial charge in [-0.05, 0) is 47.9 Å². The first-order chi connectivity index (χ1) is 9.10. The van der Waals surface area contributed by atoms with Gasteiger partial charge in [0.05, 0.1) is 6.04 Å². The van der Waals surface area contributed by atoms with Crippen molar-refractivity contribution in [3.05, 3.63) is 67.6 Å². The minimum atomic E-state index is 0.00857. The number of nitrogens with one attached hydrogen (secondary N) is 1. The summed E-state index contributed by atoms with van der Waals surface area (Å²) in [4.78, 5) is 0. The van der Waals surface area contributed by atoms with Crippen molar-refractivity contribution in [2.75, 3.05) is 0 Å². The number of nitrogens with two attached hydrogens (primary N) is 1. The lowest BCUT2D eigenvalue weighted by Crippen LogP contribution is -2.29. The molecule has 2 rings (SSSR count). The van der Waals surface area contributed by atoms with Crippen LogP contribution in [-0.2, 0) is 6.42 Å². The topological polar surface area (TPSA) is 38.0 Å². The fourth-order valence-corrected chi connectivity index (χ4v) is 2.86. The fourth-order valence-electron chi connectivity index (χ4n) is 1.90. The molecule has 2 aromatic rings. The highest BCUT2D eigenvalue weighted by Gasteiger charge is 2.14. The van der Waals surface area contributed by atoms with E-state index in [1.165, 1.54) is 5.56 Å². The Balaban J connectivity index is 2.24. The van der Waals surface area contributed by atoms with Crippen LogP contribution in [0.1, 0.15) is 17.2 Å². The van der Waals surface area contributed by atoms with E-state index in [1.54, 1.807) is 0 Å². The van der Waals surface area contributed by atoms with Crippen LogP contribution < -0.4 is 11.3 Å². The maximum atomic E-state index is 6.05. The van der Waals surface area contributed by atoms with Crippen molar-refractivity contribution in [3.63, 3.8) is 0 Å². The Bertz CT molecular complexity index is 558. The van der Waals surface area contributed by atoms with Gasteiger partial charge in [0.25, 0.3) is 0 Å². The Hall–Kier alpha value is -0.390. The Morgan fingerprint density at radius 2 is 1.79 bits per heavy atom. The molecule has 0 bridgehead atoms. The zero-order valence-corrected chi connectivity index (χ0v) is 14.0. The van der Waals surface area contributed by atoms with Crippen LogP contribution >= 0.6 is 43.5 Å². The van der Waals surface area contributed by atoms with E-state index in [4.69, 9.17) is 17.4 Å². The predicted octanol–water partition coefficient (Wildman–Crippen LogP) is 4.61. The fraction of sp³-hybridized carbons (Fsp3) is 0.143. The van der Waals surface area contributed by atoms with Crippen molar-refractivity contribution in [2.24, 2.45) is 5.84 Å². The van der Waals surface area contributed by atoms with Gasteiger partial charge in [0, 0.05) is 14.0 Å². The molecule has 5 heteroatoms. The molecule has 0 aromatic heterocycles. The number of benzene rings is 2. The summed E-state index contributed by atoms with van der Waals surface area (Å²) in [7, 11) is 0. The van der Waals surface area contributed by atoms with Crippen molar-refractivity contribution in [2.45, 2.75) is 12.5 Å². The van der Waals surface area contributed by atoms with Crippen molar-refractivity contribution >= 4 is 43.5 Å². The molecule has 1 atom stereocenters. The standard InChI is InChI=1S/C14H13Br2ClN2/c15-10-3-1-9(2-4-10)7-14(19-18)12-8-11(17)5-6-13(12)16/h1-6,8,14,19H,7,18H2. The number of hydrazine groups is 1.